The van der Waals surface area contributed by atoms with Gasteiger partial charge in [0.05, 0.1) is 0 Å². The lowest BCUT2D eigenvalue weighted by molar-refractivity contribution is -0.121. The van der Waals surface area contributed by atoms with E-state index in [4.69, 9.17) is 0 Å². The molecule has 2 heterocycles. The van der Waals surface area contributed by atoms with E-state index in [-0.39, 0.29) is 11.7 Å². The summed E-state index contributed by atoms with van der Waals surface area (Å²) in [4.78, 5) is 12.5. The fourth-order valence-corrected chi connectivity index (χ4v) is 2.86. The van der Waals surface area contributed by atoms with E-state index in [1.54, 1.807) is 22.7 Å². The Balaban J connectivity index is 1.43. The topological polar surface area (TPSA) is 72.2 Å². The number of aryl methyl sites for hydroxylation is 1. The van der Waals surface area contributed by atoms with Crippen LogP contribution in [-0.4, -0.2) is 32.3 Å². The highest BCUT2D eigenvalue weighted by molar-refractivity contribution is 7.16. The summed E-state index contributed by atoms with van der Waals surface area (Å²) in [5, 5.41) is 15.5. The van der Waals surface area contributed by atoms with E-state index in [2.05, 4.69) is 20.6 Å². The van der Waals surface area contributed by atoms with Crippen LogP contribution in [0, 0.1) is 5.82 Å². The molecule has 3 rings (SSSR count). The van der Waals surface area contributed by atoms with Crippen molar-refractivity contribution in [2.75, 3.05) is 6.54 Å². The number of benzene rings is 1. The predicted octanol–water partition coefficient (Wildman–Crippen LogP) is 1.62. The lowest BCUT2D eigenvalue weighted by Crippen LogP contribution is -2.26. The monoisotopic (exact) mass is 319 g/mol. The first kappa shape index (κ1) is 14.6. The van der Waals surface area contributed by atoms with Crippen molar-refractivity contribution in [3.8, 4) is 0 Å². The third kappa shape index (κ3) is 3.45. The lowest BCUT2D eigenvalue weighted by Gasteiger charge is -2.05. The number of nitrogens with zero attached hydrogens (tertiary/aromatic N) is 4. The minimum Gasteiger partial charge on any atom is -0.356 e. The third-order valence-electron chi connectivity index (χ3n) is 3.17. The van der Waals surface area contributed by atoms with Crippen LogP contribution in [0.25, 0.3) is 4.96 Å². The first-order chi connectivity index (χ1) is 10.7. The summed E-state index contributed by atoms with van der Waals surface area (Å²) in [6.07, 6.45) is 2.92. The van der Waals surface area contributed by atoms with E-state index in [1.165, 1.54) is 23.7 Å². The van der Waals surface area contributed by atoms with Crippen LogP contribution < -0.4 is 5.32 Å². The van der Waals surface area contributed by atoms with Crippen LogP contribution in [0.5, 0.6) is 0 Å². The van der Waals surface area contributed by atoms with E-state index >= 15 is 0 Å². The predicted molar refractivity (Wildman–Crippen MR) is 80.1 cm³/mol. The first-order valence-corrected chi connectivity index (χ1v) is 7.70. The second kappa shape index (κ2) is 6.61. The highest BCUT2D eigenvalue weighted by Crippen LogP contribution is 2.13. The highest BCUT2D eigenvalue weighted by atomic mass is 32.1. The van der Waals surface area contributed by atoms with Gasteiger partial charge in [-0.3, -0.25) is 4.79 Å². The fourth-order valence-electron chi connectivity index (χ4n) is 2.05. The molecule has 0 unspecified atom stereocenters. The van der Waals surface area contributed by atoms with Crippen molar-refractivity contribution in [1.82, 2.24) is 25.1 Å². The molecule has 1 amide bonds. The number of rotatable bonds is 6. The number of halogens is 1. The number of carbonyl (C=O) groups excluding carboxylic acids is 1. The summed E-state index contributed by atoms with van der Waals surface area (Å²) in [7, 11) is 0. The fraction of sp³-hybridized carbons (Fsp3) is 0.286. The van der Waals surface area contributed by atoms with Gasteiger partial charge in [0.25, 0.3) is 0 Å². The molecule has 0 fully saturated rings. The number of nitrogens with one attached hydrogen (secondary N) is 1. The molecule has 8 heteroatoms. The molecule has 114 valence electrons. The number of carbonyl (C=O) groups is 1. The second-order valence-electron chi connectivity index (χ2n) is 4.75. The molecule has 0 spiro atoms. The van der Waals surface area contributed by atoms with Crippen molar-refractivity contribution in [2.24, 2.45) is 0 Å². The van der Waals surface area contributed by atoms with Crippen LogP contribution in [0.15, 0.2) is 30.6 Å². The Morgan fingerprint density at radius 3 is 3.00 bits per heavy atom. The third-order valence-corrected chi connectivity index (χ3v) is 4.14. The molecule has 0 aliphatic carbocycles. The van der Waals surface area contributed by atoms with E-state index in [1.807, 2.05) is 0 Å². The molecule has 0 saturated carbocycles. The maximum atomic E-state index is 13.4. The molecular weight excluding hydrogens is 305 g/mol. The molecule has 0 atom stereocenters. The maximum Gasteiger partial charge on any atom is 0.234 e. The van der Waals surface area contributed by atoms with Crippen LogP contribution in [0.1, 0.15) is 17.0 Å². The van der Waals surface area contributed by atoms with Gasteiger partial charge in [0.15, 0.2) is 0 Å². The average molecular weight is 319 g/mol. The Labute approximate surface area is 130 Å². The zero-order valence-corrected chi connectivity index (χ0v) is 12.5. The van der Waals surface area contributed by atoms with Crippen LogP contribution in [-0.2, 0) is 17.6 Å². The van der Waals surface area contributed by atoms with Crippen molar-refractivity contribution in [1.29, 1.82) is 0 Å². The quantitative estimate of drug-likeness (QED) is 0.749. The number of hydrogen-bond acceptors (Lipinski definition) is 5. The standard InChI is InChI=1S/C14H14FN5OS/c15-11-4-2-1-3-10(11)7-8-16-12(21)5-6-13-19-20-9-17-18-14(20)22-13/h1-4,9H,5-8H2,(H,16,21). The Morgan fingerprint density at radius 1 is 1.32 bits per heavy atom. The average Bonchev–Trinajstić information content (AvgIpc) is 3.08. The van der Waals surface area contributed by atoms with Crippen LogP contribution in [0.3, 0.4) is 0 Å². The summed E-state index contributed by atoms with van der Waals surface area (Å²) in [6.45, 7) is 0.422. The molecule has 3 aromatic rings. The number of aromatic nitrogens is 4. The van der Waals surface area contributed by atoms with Gasteiger partial charge in [-0.2, -0.15) is 9.61 Å². The van der Waals surface area contributed by atoms with Gasteiger partial charge in [-0.1, -0.05) is 29.5 Å². The lowest BCUT2D eigenvalue weighted by atomic mass is 10.1. The van der Waals surface area contributed by atoms with E-state index < -0.39 is 0 Å². The van der Waals surface area contributed by atoms with E-state index in [0.29, 0.717) is 31.4 Å². The molecule has 0 aliphatic heterocycles. The molecular formula is C14H14FN5OS. The largest absolute Gasteiger partial charge is 0.356 e. The van der Waals surface area contributed by atoms with Crippen molar-refractivity contribution in [2.45, 2.75) is 19.3 Å². The summed E-state index contributed by atoms with van der Waals surface area (Å²) in [6, 6.07) is 6.58. The van der Waals surface area contributed by atoms with Crippen LogP contribution in [0.4, 0.5) is 4.39 Å². The van der Waals surface area contributed by atoms with Crippen LogP contribution >= 0.6 is 11.3 Å². The molecule has 0 saturated heterocycles. The van der Waals surface area contributed by atoms with Crippen molar-refractivity contribution in [3.63, 3.8) is 0 Å². The van der Waals surface area contributed by atoms with Gasteiger partial charge in [-0.15, -0.1) is 10.2 Å². The van der Waals surface area contributed by atoms with Crippen molar-refractivity contribution in [3.05, 3.63) is 47.0 Å². The van der Waals surface area contributed by atoms with E-state index in [0.717, 1.165) is 9.97 Å². The Hall–Kier alpha value is -2.35. The molecule has 6 nitrogen and oxygen atoms in total. The minimum atomic E-state index is -0.239. The summed E-state index contributed by atoms with van der Waals surface area (Å²) in [5.74, 6) is -0.307. The highest BCUT2D eigenvalue weighted by Gasteiger charge is 2.08. The molecule has 0 bridgehead atoms. The van der Waals surface area contributed by atoms with Gasteiger partial charge >= 0.3 is 0 Å². The first-order valence-electron chi connectivity index (χ1n) is 6.88. The van der Waals surface area contributed by atoms with Gasteiger partial charge in [-0.25, -0.2) is 4.39 Å². The molecule has 1 N–H and O–H groups in total. The Bertz CT molecular complexity index is 756. The summed E-state index contributed by atoms with van der Waals surface area (Å²) < 4.78 is 15.0. The number of hydrogen-bond donors (Lipinski definition) is 1. The summed E-state index contributed by atoms with van der Waals surface area (Å²) >= 11 is 1.42. The van der Waals surface area contributed by atoms with E-state index in [9.17, 15) is 9.18 Å². The smallest absolute Gasteiger partial charge is 0.234 e. The number of amides is 1. The molecule has 0 radical (unpaired) electrons. The normalized spacial score (nSPS) is 11.0. The maximum absolute atomic E-state index is 13.4. The zero-order valence-electron chi connectivity index (χ0n) is 11.7. The summed E-state index contributed by atoms with van der Waals surface area (Å²) in [5.41, 5.74) is 0.608. The van der Waals surface area contributed by atoms with Crippen LogP contribution in [0.2, 0.25) is 0 Å². The van der Waals surface area contributed by atoms with Gasteiger partial charge in [0.1, 0.15) is 17.2 Å². The van der Waals surface area contributed by atoms with Gasteiger partial charge in [-0.05, 0) is 18.1 Å². The molecule has 0 aliphatic rings. The molecule has 2 aromatic heterocycles. The van der Waals surface area contributed by atoms with Gasteiger partial charge in [0, 0.05) is 19.4 Å². The SMILES string of the molecule is O=C(CCc1nn2cnnc2s1)NCCc1ccccc1F. The number of fused-ring (bicyclic) bond motifs is 1. The molecule has 22 heavy (non-hydrogen) atoms. The second-order valence-corrected chi connectivity index (χ2v) is 5.79. The van der Waals surface area contributed by atoms with Crippen molar-refractivity contribution < 1.29 is 9.18 Å². The van der Waals surface area contributed by atoms with Gasteiger partial charge in [0.2, 0.25) is 10.9 Å². The Kier molecular flexibility index (Phi) is 4.38. The zero-order chi connectivity index (χ0) is 15.4. The Morgan fingerprint density at radius 2 is 2.18 bits per heavy atom. The minimum absolute atomic E-state index is 0.0673. The van der Waals surface area contributed by atoms with Crippen molar-refractivity contribution >= 4 is 22.2 Å². The van der Waals surface area contributed by atoms with Gasteiger partial charge < -0.3 is 5.32 Å². The molecule has 1 aromatic carbocycles.